The highest BCUT2D eigenvalue weighted by Gasteiger charge is 2.11. The van der Waals surface area contributed by atoms with Gasteiger partial charge in [-0.3, -0.25) is 4.79 Å². The summed E-state index contributed by atoms with van der Waals surface area (Å²) in [4.78, 5) is 13.4. The number of nitrogens with one attached hydrogen (secondary N) is 1. The lowest BCUT2D eigenvalue weighted by molar-refractivity contribution is 0.102. The molecular weight excluding hydrogens is 282 g/mol. The van der Waals surface area contributed by atoms with E-state index in [0.717, 1.165) is 10.6 Å². The normalized spacial score (nSPS) is 9.62. The second-order valence-corrected chi connectivity index (χ2v) is 5.01. The summed E-state index contributed by atoms with van der Waals surface area (Å²) in [5.74, 6) is 5.15. The van der Waals surface area contributed by atoms with Crippen molar-refractivity contribution in [2.45, 2.75) is 4.90 Å². The minimum absolute atomic E-state index is 0.209. The predicted octanol–water partition coefficient (Wildman–Crippen LogP) is 3.00. The van der Waals surface area contributed by atoms with E-state index in [9.17, 15) is 4.79 Å². The zero-order valence-corrected chi connectivity index (χ0v) is 12.4. The number of aliphatic hydroxyl groups excluding tert-OH is 1. The van der Waals surface area contributed by atoms with Crippen LogP contribution in [0.5, 0.6) is 0 Å². The van der Waals surface area contributed by atoms with Crippen LogP contribution in [0.3, 0.4) is 0 Å². The van der Waals surface area contributed by atoms with E-state index in [-0.39, 0.29) is 12.5 Å². The van der Waals surface area contributed by atoms with Gasteiger partial charge in [-0.2, -0.15) is 0 Å². The van der Waals surface area contributed by atoms with Crippen LogP contribution in [0.1, 0.15) is 15.9 Å². The van der Waals surface area contributed by atoms with Crippen molar-refractivity contribution in [3.8, 4) is 11.8 Å². The van der Waals surface area contributed by atoms with Crippen LogP contribution in [0.15, 0.2) is 53.4 Å². The first-order chi connectivity index (χ1) is 10.3. The summed E-state index contributed by atoms with van der Waals surface area (Å²) in [6.45, 7) is -0.231. The number of para-hydroxylation sites is 1. The second kappa shape index (κ2) is 7.53. The third-order valence-electron chi connectivity index (χ3n) is 2.83. The summed E-state index contributed by atoms with van der Waals surface area (Å²) >= 11 is 1.57. The first-order valence-corrected chi connectivity index (χ1v) is 7.62. The molecule has 0 atom stereocenters. The Bertz CT molecular complexity index is 701. The molecule has 0 spiro atoms. The van der Waals surface area contributed by atoms with Gasteiger partial charge in [0.15, 0.2) is 0 Å². The Balaban J connectivity index is 2.29. The van der Waals surface area contributed by atoms with Gasteiger partial charge in [-0.1, -0.05) is 36.1 Å². The van der Waals surface area contributed by atoms with E-state index in [0.29, 0.717) is 11.1 Å². The lowest BCUT2D eigenvalue weighted by atomic mass is 10.1. The molecule has 0 aliphatic carbocycles. The van der Waals surface area contributed by atoms with Crippen molar-refractivity contribution in [1.82, 2.24) is 0 Å². The monoisotopic (exact) mass is 297 g/mol. The van der Waals surface area contributed by atoms with Crippen molar-refractivity contribution in [3.63, 3.8) is 0 Å². The molecule has 21 heavy (non-hydrogen) atoms. The van der Waals surface area contributed by atoms with Crippen LogP contribution in [-0.2, 0) is 0 Å². The van der Waals surface area contributed by atoms with E-state index in [4.69, 9.17) is 5.11 Å². The smallest absolute Gasteiger partial charge is 0.256 e. The summed E-state index contributed by atoms with van der Waals surface area (Å²) < 4.78 is 0. The van der Waals surface area contributed by atoms with Crippen molar-refractivity contribution < 1.29 is 9.90 Å². The van der Waals surface area contributed by atoms with Gasteiger partial charge < -0.3 is 10.4 Å². The maximum absolute atomic E-state index is 12.4. The number of hydrogen-bond donors (Lipinski definition) is 2. The lowest BCUT2D eigenvalue weighted by Crippen LogP contribution is -2.14. The summed E-state index contributed by atoms with van der Waals surface area (Å²) in [6, 6.07) is 14.7. The number of aliphatic hydroxyl groups is 1. The highest BCUT2D eigenvalue weighted by molar-refractivity contribution is 7.98. The first kappa shape index (κ1) is 15.2. The zero-order valence-electron chi connectivity index (χ0n) is 11.6. The maximum atomic E-state index is 12.4. The molecule has 0 fully saturated rings. The molecule has 0 saturated carbocycles. The van der Waals surface area contributed by atoms with Crippen LogP contribution in [0.25, 0.3) is 0 Å². The van der Waals surface area contributed by atoms with Gasteiger partial charge in [0.1, 0.15) is 6.61 Å². The molecule has 1 amide bonds. The highest BCUT2D eigenvalue weighted by atomic mass is 32.2. The Kier molecular flexibility index (Phi) is 5.44. The number of anilines is 1. The minimum atomic E-state index is -0.231. The van der Waals surface area contributed by atoms with E-state index >= 15 is 0 Å². The Morgan fingerprint density at radius 2 is 1.90 bits per heavy atom. The number of thioether (sulfide) groups is 1. The number of rotatable bonds is 3. The molecule has 0 aromatic heterocycles. The van der Waals surface area contributed by atoms with Crippen molar-refractivity contribution in [2.75, 3.05) is 18.2 Å². The lowest BCUT2D eigenvalue weighted by Gasteiger charge is -2.10. The Morgan fingerprint density at radius 1 is 1.19 bits per heavy atom. The van der Waals surface area contributed by atoms with E-state index in [1.165, 1.54) is 0 Å². The van der Waals surface area contributed by atoms with Crippen LogP contribution < -0.4 is 5.32 Å². The number of amides is 1. The van der Waals surface area contributed by atoms with E-state index in [2.05, 4.69) is 17.2 Å². The molecule has 2 aromatic carbocycles. The molecule has 2 rings (SSSR count). The van der Waals surface area contributed by atoms with Gasteiger partial charge in [0.2, 0.25) is 0 Å². The third-order valence-corrected chi connectivity index (χ3v) is 3.62. The largest absolute Gasteiger partial charge is 0.384 e. The van der Waals surface area contributed by atoms with E-state index in [1.807, 2.05) is 36.6 Å². The SMILES string of the molecule is CSc1ccccc1NC(=O)c1ccccc1C#CCO. The Morgan fingerprint density at radius 3 is 2.67 bits per heavy atom. The number of carbonyl (C=O) groups excluding carboxylic acids is 1. The summed E-state index contributed by atoms with van der Waals surface area (Å²) in [5.41, 5.74) is 1.87. The van der Waals surface area contributed by atoms with Gasteiger partial charge in [-0.05, 0) is 30.5 Å². The molecule has 2 aromatic rings. The van der Waals surface area contributed by atoms with E-state index in [1.54, 1.807) is 30.0 Å². The standard InChI is InChI=1S/C17H15NO2S/c1-21-16-11-5-4-10-15(16)18-17(20)14-9-3-2-7-13(14)8-6-12-19/h2-5,7,9-11,19H,12H2,1H3,(H,18,20). The molecule has 106 valence electrons. The van der Waals surface area contributed by atoms with Crippen LogP contribution in [0.4, 0.5) is 5.69 Å². The molecule has 3 nitrogen and oxygen atoms in total. The van der Waals surface area contributed by atoms with Gasteiger partial charge in [0.25, 0.3) is 5.91 Å². The molecule has 0 aliphatic heterocycles. The average Bonchev–Trinajstić information content (AvgIpc) is 2.53. The molecule has 0 heterocycles. The molecule has 0 bridgehead atoms. The van der Waals surface area contributed by atoms with Gasteiger partial charge in [-0.15, -0.1) is 11.8 Å². The number of benzene rings is 2. The molecule has 4 heteroatoms. The first-order valence-electron chi connectivity index (χ1n) is 6.39. The minimum Gasteiger partial charge on any atom is -0.384 e. The summed E-state index contributed by atoms with van der Waals surface area (Å²) in [7, 11) is 0. The van der Waals surface area contributed by atoms with E-state index < -0.39 is 0 Å². The molecule has 0 saturated heterocycles. The molecular formula is C17H15NO2S. The van der Waals surface area contributed by atoms with Crippen LogP contribution in [-0.4, -0.2) is 23.9 Å². The number of hydrogen-bond acceptors (Lipinski definition) is 3. The van der Waals surface area contributed by atoms with Crippen molar-refractivity contribution >= 4 is 23.4 Å². The summed E-state index contributed by atoms with van der Waals surface area (Å²) in [6.07, 6.45) is 1.96. The quantitative estimate of drug-likeness (QED) is 0.676. The Labute approximate surface area is 128 Å². The molecule has 2 N–H and O–H groups in total. The van der Waals surface area contributed by atoms with Gasteiger partial charge in [0.05, 0.1) is 11.3 Å². The van der Waals surface area contributed by atoms with Crippen LogP contribution >= 0.6 is 11.8 Å². The second-order valence-electron chi connectivity index (χ2n) is 4.16. The fourth-order valence-electron chi connectivity index (χ4n) is 1.86. The average molecular weight is 297 g/mol. The zero-order chi connectivity index (χ0) is 15.1. The maximum Gasteiger partial charge on any atom is 0.256 e. The van der Waals surface area contributed by atoms with Gasteiger partial charge >= 0.3 is 0 Å². The topological polar surface area (TPSA) is 49.3 Å². The predicted molar refractivity (Wildman–Crippen MR) is 86.6 cm³/mol. The number of carbonyl (C=O) groups is 1. The van der Waals surface area contributed by atoms with Crippen molar-refractivity contribution in [3.05, 3.63) is 59.7 Å². The van der Waals surface area contributed by atoms with Crippen molar-refractivity contribution in [2.24, 2.45) is 0 Å². The molecule has 0 radical (unpaired) electrons. The fraction of sp³-hybridized carbons (Fsp3) is 0.118. The highest BCUT2D eigenvalue weighted by Crippen LogP contribution is 2.25. The summed E-state index contributed by atoms with van der Waals surface area (Å²) in [5, 5.41) is 11.7. The molecule has 0 unspecified atom stereocenters. The third kappa shape index (κ3) is 3.88. The van der Waals surface area contributed by atoms with Crippen LogP contribution in [0, 0.1) is 11.8 Å². The van der Waals surface area contributed by atoms with Crippen molar-refractivity contribution in [1.29, 1.82) is 0 Å². The van der Waals surface area contributed by atoms with Gasteiger partial charge in [-0.25, -0.2) is 0 Å². The fourth-order valence-corrected chi connectivity index (χ4v) is 2.42. The van der Waals surface area contributed by atoms with Crippen LogP contribution in [0.2, 0.25) is 0 Å². The molecule has 0 aliphatic rings. The Hall–Kier alpha value is -2.22. The van der Waals surface area contributed by atoms with Gasteiger partial charge in [0, 0.05) is 10.5 Å².